The SMILES string of the molecule is Cl.NCCCNCCCNCc1cccc(-c2cc(CNCCCNCCCN)cc(CNCCCNCCCN)c2)c1. The summed E-state index contributed by atoms with van der Waals surface area (Å²) in [6.07, 6.45) is 6.44. The lowest BCUT2D eigenvalue weighted by atomic mass is 9.98. The van der Waals surface area contributed by atoms with Crippen molar-refractivity contribution in [2.24, 2.45) is 17.2 Å². The van der Waals surface area contributed by atoms with Crippen molar-refractivity contribution in [3.8, 4) is 11.1 Å². The minimum atomic E-state index is 0. The molecule has 0 aliphatic heterocycles. The standard InChI is InChI=1S/C33H61N9.ClH/c34-10-2-13-37-16-5-19-40-26-29-8-1-9-32(23-29)33-24-30(27-41-20-6-17-38-14-3-11-35)22-31(25-33)28-42-21-7-18-39-15-4-12-36;/h1,8-9,22-25,37-42H,2-7,10-21,26-28,34-36H2;1H. The van der Waals surface area contributed by atoms with Crippen molar-refractivity contribution in [3.63, 3.8) is 0 Å². The molecule has 0 fully saturated rings. The first-order valence-electron chi connectivity index (χ1n) is 16.3. The Kier molecular flexibility index (Phi) is 25.5. The van der Waals surface area contributed by atoms with E-state index in [0.29, 0.717) is 0 Å². The van der Waals surface area contributed by atoms with E-state index in [1.54, 1.807) is 0 Å². The van der Waals surface area contributed by atoms with Crippen LogP contribution >= 0.6 is 12.4 Å². The van der Waals surface area contributed by atoms with Gasteiger partial charge in [-0.2, -0.15) is 0 Å². The third kappa shape index (κ3) is 20.1. The van der Waals surface area contributed by atoms with E-state index in [1.165, 1.54) is 27.8 Å². The molecule has 0 atom stereocenters. The number of hydrogen-bond donors (Lipinski definition) is 9. The Hall–Kier alpha value is -1.63. The Balaban J connectivity index is 0.00000924. The van der Waals surface area contributed by atoms with E-state index in [9.17, 15) is 0 Å². The van der Waals surface area contributed by atoms with Crippen LogP contribution in [0.3, 0.4) is 0 Å². The highest BCUT2D eigenvalue weighted by molar-refractivity contribution is 5.85. The van der Waals surface area contributed by atoms with E-state index >= 15 is 0 Å². The van der Waals surface area contributed by atoms with Gasteiger partial charge in [-0.1, -0.05) is 24.3 Å². The summed E-state index contributed by atoms with van der Waals surface area (Å²) in [5, 5.41) is 21.2. The smallest absolute Gasteiger partial charge is 0.0205 e. The number of nitrogens with one attached hydrogen (secondary N) is 6. The summed E-state index contributed by atoms with van der Waals surface area (Å²) < 4.78 is 0. The van der Waals surface area contributed by atoms with Gasteiger partial charge in [0, 0.05) is 19.6 Å². The largest absolute Gasteiger partial charge is 0.330 e. The summed E-state index contributed by atoms with van der Waals surface area (Å²) in [6.45, 7) is 13.9. The van der Waals surface area contributed by atoms with Crippen molar-refractivity contribution < 1.29 is 0 Å². The minimum absolute atomic E-state index is 0. The van der Waals surface area contributed by atoms with Crippen LogP contribution in [-0.2, 0) is 19.6 Å². The summed E-state index contributed by atoms with van der Waals surface area (Å²) in [5.74, 6) is 0. The number of benzene rings is 2. The predicted octanol–water partition coefficient (Wildman–Crippen LogP) is 2.03. The molecule has 0 bridgehead atoms. The molecule has 10 heteroatoms. The van der Waals surface area contributed by atoms with Crippen molar-refractivity contribution in [2.45, 2.75) is 58.2 Å². The van der Waals surface area contributed by atoms with E-state index in [0.717, 1.165) is 137 Å². The van der Waals surface area contributed by atoms with E-state index in [-0.39, 0.29) is 12.4 Å². The number of rotatable bonds is 28. The monoisotopic (exact) mass is 619 g/mol. The zero-order chi connectivity index (χ0) is 29.9. The van der Waals surface area contributed by atoms with Crippen LogP contribution in [0.4, 0.5) is 0 Å². The first-order valence-corrected chi connectivity index (χ1v) is 16.3. The first-order chi connectivity index (χ1) is 20.8. The second-order valence-corrected chi connectivity index (χ2v) is 11.0. The van der Waals surface area contributed by atoms with Gasteiger partial charge in [-0.25, -0.2) is 0 Å². The average Bonchev–Trinajstić information content (AvgIpc) is 3.01. The van der Waals surface area contributed by atoms with Gasteiger partial charge < -0.3 is 49.1 Å². The highest BCUT2D eigenvalue weighted by Crippen LogP contribution is 2.24. The van der Waals surface area contributed by atoms with Crippen LogP contribution in [0.5, 0.6) is 0 Å². The molecule has 12 N–H and O–H groups in total. The van der Waals surface area contributed by atoms with E-state index in [2.05, 4.69) is 74.4 Å². The maximum absolute atomic E-state index is 5.58. The van der Waals surface area contributed by atoms with Crippen molar-refractivity contribution in [3.05, 3.63) is 59.2 Å². The molecule has 2 rings (SSSR count). The lowest BCUT2D eigenvalue weighted by Crippen LogP contribution is -2.24. The second-order valence-electron chi connectivity index (χ2n) is 11.0. The Morgan fingerprint density at radius 3 is 1.21 bits per heavy atom. The topological polar surface area (TPSA) is 150 Å². The van der Waals surface area contributed by atoms with Crippen LogP contribution in [0.1, 0.15) is 55.2 Å². The molecular weight excluding hydrogens is 558 g/mol. The molecular formula is C33H62ClN9. The molecule has 9 nitrogen and oxygen atoms in total. The van der Waals surface area contributed by atoms with Gasteiger partial charge in [-0.3, -0.25) is 0 Å². The number of nitrogens with two attached hydrogens (primary N) is 3. The molecule has 0 heterocycles. The molecule has 0 unspecified atom stereocenters. The van der Waals surface area contributed by atoms with Crippen LogP contribution in [0, 0.1) is 0 Å². The van der Waals surface area contributed by atoms with Gasteiger partial charge in [0.25, 0.3) is 0 Å². The molecule has 43 heavy (non-hydrogen) atoms. The Morgan fingerprint density at radius 2 is 0.767 bits per heavy atom. The molecule has 0 aliphatic rings. The third-order valence-electron chi connectivity index (χ3n) is 7.09. The van der Waals surface area contributed by atoms with Crippen LogP contribution in [-0.4, -0.2) is 78.5 Å². The normalized spacial score (nSPS) is 11.1. The highest BCUT2D eigenvalue weighted by Gasteiger charge is 2.06. The minimum Gasteiger partial charge on any atom is -0.330 e. The maximum Gasteiger partial charge on any atom is 0.0205 e. The van der Waals surface area contributed by atoms with Gasteiger partial charge >= 0.3 is 0 Å². The van der Waals surface area contributed by atoms with Gasteiger partial charge in [-0.15, -0.1) is 12.4 Å². The van der Waals surface area contributed by atoms with E-state index in [4.69, 9.17) is 17.2 Å². The molecule has 2 aromatic rings. The van der Waals surface area contributed by atoms with Gasteiger partial charge in [0.15, 0.2) is 0 Å². The fourth-order valence-corrected chi connectivity index (χ4v) is 4.76. The van der Waals surface area contributed by atoms with Gasteiger partial charge in [0.1, 0.15) is 0 Å². The molecule has 246 valence electrons. The zero-order valence-corrected chi connectivity index (χ0v) is 27.3. The molecule has 0 radical (unpaired) electrons. The lowest BCUT2D eigenvalue weighted by molar-refractivity contribution is 0.583. The number of hydrogen-bond acceptors (Lipinski definition) is 9. The molecule has 0 aliphatic carbocycles. The molecule has 0 amide bonds. The summed E-state index contributed by atoms with van der Waals surface area (Å²) in [4.78, 5) is 0. The first kappa shape index (κ1) is 39.4. The fourth-order valence-electron chi connectivity index (χ4n) is 4.76. The van der Waals surface area contributed by atoms with Crippen molar-refractivity contribution in [1.82, 2.24) is 31.9 Å². The molecule has 0 saturated carbocycles. The summed E-state index contributed by atoms with van der Waals surface area (Å²) >= 11 is 0. The summed E-state index contributed by atoms with van der Waals surface area (Å²) in [7, 11) is 0. The Morgan fingerprint density at radius 1 is 0.395 bits per heavy atom. The van der Waals surface area contributed by atoms with Crippen molar-refractivity contribution in [2.75, 3.05) is 78.5 Å². The van der Waals surface area contributed by atoms with Gasteiger partial charge in [-0.05, 0) is 163 Å². The summed E-state index contributed by atoms with van der Waals surface area (Å²) in [5.41, 5.74) is 23.2. The van der Waals surface area contributed by atoms with Gasteiger partial charge in [0.2, 0.25) is 0 Å². The zero-order valence-electron chi connectivity index (χ0n) is 26.5. The fraction of sp³-hybridized carbons (Fsp3) is 0.636. The van der Waals surface area contributed by atoms with Crippen LogP contribution in [0.25, 0.3) is 11.1 Å². The maximum atomic E-state index is 5.58. The Bertz CT molecular complexity index is 877. The van der Waals surface area contributed by atoms with Crippen LogP contribution in [0.2, 0.25) is 0 Å². The molecule has 0 spiro atoms. The van der Waals surface area contributed by atoms with E-state index in [1.807, 2.05) is 0 Å². The third-order valence-corrected chi connectivity index (χ3v) is 7.09. The lowest BCUT2D eigenvalue weighted by Gasteiger charge is -2.13. The number of halogens is 1. The van der Waals surface area contributed by atoms with Crippen LogP contribution in [0.15, 0.2) is 42.5 Å². The average molecular weight is 620 g/mol. The van der Waals surface area contributed by atoms with Crippen molar-refractivity contribution in [1.29, 1.82) is 0 Å². The van der Waals surface area contributed by atoms with Gasteiger partial charge in [0.05, 0.1) is 0 Å². The quantitative estimate of drug-likeness (QED) is 0.0652. The summed E-state index contributed by atoms with van der Waals surface area (Å²) in [6, 6.07) is 16.0. The Labute approximate surface area is 268 Å². The molecule has 0 saturated heterocycles. The molecule has 0 aromatic heterocycles. The second kappa shape index (κ2) is 27.9. The van der Waals surface area contributed by atoms with Crippen LogP contribution < -0.4 is 49.1 Å². The molecule has 2 aromatic carbocycles. The van der Waals surface area contributed by atoms with E-state index < -0.39 is 0 Å². The predicted molar refractivity (Wildman–Crippen MR) is 188 cm³/mol. The highest BCUT2D eigenvalue weighted by atomic mass is 35.5. The van der Waals surface area contributed by atoms with Crippen molar-refractivity contribution >= 4 is 12.4 Å².